The van der Waals surface area contributed by atoms with Crippen molar-refractivity contribution in [2.24, 2.45) is 0 Å². The van der Waals surface area contributed by atoms with Crippen molar-refractivity contribution in [3.05, 3.63) is 0 Å². The van der Waals surface area contributed by atoms with Gasteiger partial charge in [-0.15, -0.1) is 0 Å². The smallest absolute Gasteiger partial charge is 0.236 e. The van der Waals surface area contributed by atoms with Crippen LogP contribution in [0.15, 0.2) is 0 Å². The maximum Gasteiger partial charge on any atom is 0.236 e. The normalized spacial score (nSPS) is 31.5. The van der Waals surface area contributed by atoms with Crippen LogP contribution < -0.4 is 10.6 Å². The first-order valence-electron chi connectivity index (χ1n) is 4.21. The summed E-state index contributed by atoms with van der Waals surface area (Å²) in [5.74, 6) is 0.122. The molecule has 0 radical (unpaired) electrons. The molecule has 0 aromatic carbocycles. The molecular weight excluding hydrogens is 140 g/mol. The molecule has 0 aliphatic carbocycles. The second-order valence-electron chi connectivity index (χ2n) is 3.17. The number of piperidine rings is 1. The third kappa shape index (κ3) is 2.19. The Morgan fingerprint density at radius 1 is 1.55 bits per heavy atom. The molecule has 1 heterocycles. The standard InChI is InChI=1S/C8H16N2O/c1-6-4-3-5-7(10-6)8(11)9-2/h6-7,10H,3-5H2,1-2H3,(H,9,11)/t6-,7+/m1/s1. The van der Waals surface area contributed by atoms with Crippen LogP contribution in [0.25, 0.3) is 0 Å². The van der Waals surface area contributed by atoms with E-state index in [9.17, 15) is 4.79 Å². The Morgan fingerprint density at radius 2 is 2.27 bits per heavy atom. The first-order chi connectivity index (χ1) is 5.24. The van der Waals surface area contributed by atoms with E-state index < -0.39 is 0 Å². The second kappa shape index (κ2) is 3.72. The first kappa shape index (κ1) is 8.53. The molecule has 0 unspecified atom stereocenters. The summed E-state index contributed by atoms with van der Waals surface area (Å²) in [7, 11) is 1.68. The molecular formula is C8H16N2O. The maximum absolute atomic E-state index is 11.1. The van der Waals surface area contributed by atoms with Crippen LogP contribution in [0.1, 0.15) is 26.2 Å². The number of carbonyl (C=O) groups is 1. The predicted octanol–water partition coefficient (Wildman–Crippen LogP) is 0.263. The van der Waals surface area contributed by atoms with Crippen molar-refractivity contribution in [3.63, 3.8) is 0 Å². The van der Waals surface area contributed by atoms with Crippen LogP contribution in [-0.2, 0) is 4.79 Å². The van der Waals surface area contributed by atoms with E-state index in [1.54, 1.807) is 7.05 Å². The summed E-state index contributed by atoms with van der Waals surface area (Å²) in [6.07, 6.45) is 3.32. The van der Waals surface area contributed by atoms with Crippen molar-refractivity contribution in [2.45, 2.75) is 38.3 Å². The third-order valence-corrected chi connectivity index (χ3v) is 2.18. The van der Waals surface area contributed by atoms with E-state index in [2.05, 4.69) is 17.6 Å². The van der Waals surface area contributed by atoms with Crippen molar-refractivity contribution in [1.29, 1.82) is 0 Å². The van der Waals surface area contributed by atoms with Crippen molar-refractivity contribution in [1.82, 2.24) is 10.6 Å². The molecule has 3 nitrogen and oxygen atoms in total. The van der Waals surface area contributed by atoms with Crippen molar-refractivity contribution in [2.75, 3.05) is 7.05 Å². The predicted molar refractivity (Wildman–Crippen MR) is 44.3 cm³/mol. The van der Waals surface area contributed by atoms with Gasteiger partial charge in [-0.25, -0.2) is 0 Å². The lowest BCUT2D eigenvalue weighted by Gasteiger charge is -2.27. The number of hydrogen-bond acceptors (Lipinski definition) is 2. The highest BCUT2D eigenvalue weighted by Gasteiger charge is 2.22. The highest BCUT2D eigenvalue weighted by Crippen LogP contribution is 2.11. The maximum atomic E-state index is 11.1. The third-order valence-electron chi connectivity index (χ3n) is 2.18. The van der Waals surface area contributed by atoms with Gasteiger partial charge in [0.15, 0.2) is 0 Å². The number of likely N-dealkylation sites (N-methyl/N-ethyl adjacent to an activating group) is 1. The fourth-order valence-corrected chi connectivity index (χ4v) is 1.52. The van der Waals surface area contributed by atoms with Gasteiger partial charge in [0, 0.05) is 13.1 Å². The largest absolute Gasteiger partial charge is 0.358 e. The van der Waals surface area contributed by atoms with Crippen LogP contribution in [0.2, 0.25) is 0 Å². The Balaban J connectivity index is 2.39. The van der Waals surface area contributed by atoms with Gasteiger partial charge >= 0.3 is 0 Å². The average Bonchev–Trinajstić information content (AvgIpc) is 2.03. The molecule has 1 amide bonds. The molecule has 64 valence electrons. The van der Waals surface area contributed by atoms with E-state index in [-0.39, 0.29) is 11.9 Å². The summed E-state index contributed by atoms with van der Waals surface area (Å²) in [6.45, 7) is 2.12. The summed E-state index contributed by atoms with van der Waals surface area (Å²) in [6, 6.07) is 0.537. The number of hydrogen-bond donors (Lipinski definition) is 2. The Bertz CT molecular complexity index is 147. The van der Waals surface area contributed by atoms with Gasteiger partial charge in [-0.3, -0.25) is 4.79 Å². The molecule has 0 bridgehead atoms. The molecule has 0 aromatic rings. The van der Waals surface area contributed by atoms with Crippen molar-refractivity contribution in [3.8, 4) is 0 Å². The minimum atomic E-state index is 0.0451. The number of amides is 1. The molecule has 0 saturated carbocycles. The Hall–Kier alpha value is -0.570. The summed E-state index contributed by atoms with van der Waals surface area (Å²) >= 11 is 0. The lowest BCUT2D eigenvalue weighted by Crippen LogP contribution is -2.49. The van der Waals surface area contributed by atoms with E-state index in [1.165, 1.54) is 6.42 Å². The Kier molecular flexibility index (Phi) is 2.88. The fraction of sp³-hybridized carbons (Fsp3) is 0.875. The second-order valence-corrected chi connectivity index (χ2v) is 3.17. The van der Waals surface area contributed by atoms with Gasteiger partial charge in [-0.05, 0) is 26.2 Å². The molecule has 1 rings (SSSR count). The molecule has 2 N–H and O–H groups in total. The van der Waals surface area contributed by atoms with E-state index >= 15 is 0 Å². The summed E-state index contributed by atoms with van der Waals surface area (Å²) in [4.78, 5) is 11.1. The van der Waals surface area contributed by atoms with Gasteiger partial charge in [-0.1, -0.05) is 0 Å². The minimum Gasteiger partial charge on any atom is -0.358 e. The minimum absolute atomic E-state index is 0.0451. The topological polar surface area (TPSA) is 41.1 Å². The van der Waals surface area contributed by atoms with Crippen LogP contribution in [0.3, 0.4) is 0 Å². The van der Waals surface area contributed by atoms with Gasteiger partial charge < -0.3 is 10.6 Å². The van der Waals surface area contributed by atoms with Crippen LogP contribution in [0.5, 0.6) is 0 Å². The monoisotopic (exact) mass is 156 g/mol. The van der Waals surface area contributed by atoms with Crippen LogP contribution in [-0.4, -0.2) is 25.0 Å². The molecule has 3 heteroatoms. The van der Waals surface area contributed by atoms with Gasteiger partial charge in [0.05, 0.1) is 6.04 Å². The number of rotatable bonds is 1. The van der Waals surface area contributed by atoms with Crippen LogP contribution in [0, 0.1) is 0 Å². The summed E-state index contributed by atoms with van der Waals surface area (Å²) < 4.78 is 0. The zero-order chi connectivity index (χ0) is 8.27. The quantitative estimate of drug-likeness (QED) is 0.572. The van der Waals surface area contributed by atoms with E-state index in [1.807, 2.05) is 0 Å². The van der Waals surface area contributed by atoms with E-state index in [0.29, 0.717) is 6.04 Å². The highest BCUT2D eigenvalue weighted by molar-refractivity contribution is 5.81. The van der Waals surface area contributed by atoms with Gasteiger partial charge in [0.2, 0.25) is 5.91 Å². The van der Waals surface area contributed by atoms with Gasteiger partial charge in [0.25, 0.3) is 0 Å². The van der Waals surface area contributed by atoms with E-state index in [4.69, 9.17) is 0 Å². The molecule has 0 spiro atoms. The highest BCUT2D eigenvalue weighted by atomic mass is 16.2. The Morgan fingerprint density at radius 3 is 2.82 bits per heavy atom. The molecule has 1 fully saturated rings. The fourth-order valence-electron chi connectivity index (χ4n) is 1.52. The summed E-state index contributed by atoms with van der Waals surface area (Å²) in [5, 5.41) is 5.91. The molecule has 0 aromatic heterocycles. The molecule has 1 aliphatic heterocycles. The summed E-state index contributed by atoms with van der Waals surface area (Å²) in [5.41, 5.74) is 0. The first-order valence-corrected chi connectivity index (χ1v) is 4.21. The lowest BCUT2D eigenvalue weighted by atomic mass is 9.99. The van der Waals surface area contributed by atoms with Crippen LogP contribution in [0.4, 0.5) is 0 Å². The zero-order valence-corrected chi connectivity index (χ0v) is 7.18. The molecule has 1 saturated heterocycles. The van der Waals surface area contributed by atoms with Crippen molar-refractivity contribution < 1.29 is 4.79 Å². The molecule has 11 heavy (non-hydrogen) atoms. The number of carbonyl (C=O) groups excluding carboxylic acids is 1. The average molecular weight is 156 g/mol. The van der Waals surface area contributed by atoms with Crippen LogP contribution >= 0.6 is 0 Å². The van der Waals surface area contributed by atoms with Crippen molar-refractivity contribution >= 4 is 5.91 Å². The lowest BCUT2D eigenvalue weighted by molar-refractivity contribution is -0.123. The Labute approximate surface area is 67.5 Å². The zero-order valence-electron chi connectivity index (χ0n) is 7.18. The van der Waals surface area contributed by atoms with Gasteiger partial charge in [-0.2, -0.15) is 0 Å². The molecule has 2 atom stereocenters. The number of nitrogens with one attached hydrogen (secondary N) is 2. The SMILES string of the molecule is CNC(=O)[C@@H]1CCC[C@@H](C)N1. The van der Waals surface area contributed by atoms with E-state index in [0.717, 1.165) is 12.8 Å². The van der Waals surface area contributed by atoms with Gasteiger partial charge in [0.1, 0.15) is 0 Å². The molecule has 1 aliphatic rings.